The van der Waals surface area contributed by atoms with Gasteiger partial charge in [0.1, 0.15) is 0 Å². The summed E-state index contributed by atoms with van der Waals surface area (Å²) >= 11 is 0. The Bertz CT molecular complexity index is 604. The van der Waals surface area contributed by atoms with Crippen molar-refractivity contribution < 1.29 is 8.42 Å². The first-order valence-corrected chi connectivity index (χ1v) is 8.27. The fourth-order valence-corrected chi connectivity index (χ4v) is 4.37. The molecule has 2 N–H and O–H groups in total. The average molecular weight is 293 g/mol. The van der Waals surface area contributed by atoms with Gasteiger partial charge < -0.3 is 5.73 Å². The molecule has 1 heterocycles. The summed E-state index contributed by atoms with van der Waals surface area (Å²) in [7, 11) is -3.33. The Balaban J connectivity index is 2.12. The highest BCUT2D eigenvalue weighted by Crippen LogP contribution is 2.22. The number of benzene rings is 1. The third kappa shape index (κ3) is 3.37. The van der Waals surface area contributed by atoms with Crippen molar-refractivity contribution in [3.63, 3.8) is 0 Å². The van der Waals surface area contributed by atoms with Crippen LogP contribution in [0, 0.1) is 11.3 Å². The molecule has 1 saturated heterocycles. The standard InChI is InChI=1S/C14H19N3O2S/c1-11-8-14(16)6-7-17(11)20(18,19)10-13-4-2-12(9-15)3-5-13/h2-5,11,14H,6-8,10,16H2,1H3. The van der Waals surface area contributed by atoms with Crippen LogP contribution in [0.3, 0.4) is 0 Å². The Kier molecular flexibility index (Phi) is 4.43. The van der Waals surface area contributed by atoms with Crippen LogP contribution in [0.1, 0.15) is 30.9 Å². The lowest BCUT2D eigenvalue weighted by atomic mass is 10.0. The van der Waals surface area contributed by atoms with Crippen molar-refractivity contribution in [2.24, 2.45) is 5.73 Å². The zero-order chi connectivity index (χ0) is 14.8. The summed E-state index contributed by atoms with van der Waals surface area (Å²) < 4.78 is 26.4. The normalized spacial score (nSPS) is 24.2. The highest BCUT2D eigenvalue weighted by atomic mass is 32.2. The summed E-state index contributed by atoms with van der Waals surface area (Å²) in [5.41, 5.74) is 7.09. The first-order chi connectivity index (χ1) is 9.42. The average Bonchev–Trinajstić information content (AvgIpc) is 2.38. The van der Waals surface area contributed by atoms with E-state index in [9.17, 15) is 8.42 Å². The van der Waals surface area contributed by atoms with Crippen molar-refractivity contribution in [2.75, 3.05) is 6.54 Å². The van der Waals surface area contributed by atoms with E-state index in [-0.39, 0.29) is 17.8 Å². The van der Waals surface area contributed by atoms with Crippen LogP contribution < -0.4 is 5.73 Å². The minimum atomic E-state index is -3.33. The van der Waals surface area contributed by atoms with Crippen LogP contribution in [0.2, 0.25) is 0 Å². The predicted molar refractivity (Wildman–Crippen MR) is 77.2 cm³/mol. The summed E-state index contributed by atoms with van der Waals surface area (Å²) in [6, 6.07) is 8.71. The summed E-state index contributed by atoms with van der Waals surface area (Å²) in [4.78, 5) is 0. The lowest BCUT2D eigenvalue weighted by Crippen LogP contribution is -2.48. The lowest BCUT2D eigenvalue weighted by molar-refractivity contribution is 0.247. The van der Waals surface area contributed by atoms with Gasteiger partial charge in [0.2, 0.25) is 10.0 Å². The molecule has 0 amide bonds. The fourth-order valence-electron chi connectivity index (χ4n) is 2.57. The maximum Gasteiger partial charge on any atom is 0.218 e. The number of rotatable bonds is 3. The van der Waals surface area contributed by atoms with Gasteiger partial charge in [0.15, 0.2) is 0 Å². The van der Waals surface area contributed by atoms with Gasteiger partial charge in [-0.15, -0.1) is 0 Å². The Morgan fingerprint density at radius 3 is 2.60 bits per heavy atom. The molecule has 1 aromatic carbocycles. The van der Waals surface area contributed by atoms with Gasteiger partial charge in [-0.2, -0.15) is 9.57 Å². The van der Waals surface area contributed by atoms with Crippen LogP contribution in [-0.4, -0.2) is 31.4 Å². The van der Waals surface area contributed by atoms with Crippen LogP contribution >= 0.6 is 0 Å². The molecule has 1 aromatic rings. The molecule has 6 heteroatoms. The van der Waals surface area contributed by atoms with Gasteiger partial charge in [-0.05, 0) is 37.5 Å². The van der Waals surface area contributed by atoms with E-state index in [1.807, 2.05) is 13.0 Å². The monoisotopic (exact) mass is 293 g/mol. The van der Waals surface area contributed by atoms with Crippen LogP contribution in [0.15, 0.2) is 24.3 Å². The first-order valence-electron chi connectivity index (χ1n) is 6.66. The Labute approximate surface area is 120 Å². The maximum absolute atomic E-state index is 12.4. The molecule has 108 valence electrons. The number of nitrogens with two attached hydrogens (primary N) is 1. The van der Waals surface area contributed by atoms with Crippen LogP contribution in [0.4, 0.5) is 0 Å². The summed E-state index contributed by atoms with van der Waals surface area (Å²) in [5, 5.41) is 8.74. The predicted octanol–water partition coefficient (Wildman–Crippen LogP) is 1.20. The number of nitriles is 1. The number of nitrogens with zero attached hydrogens (tertiary/aromatic N) is 2. The van der Waals surface area contributed by atoms with Gasteiger partial charge in [-0.25, -0.2) is 8.42 Å². The molecule has 0 saturated carbocycles. The van der Waals surface area contributed by atoms with E-state index in [0.717, 1.165) is 0 Å². The van der Waals surface area contributed by atoms with Crippen molar-refractivity contribution in [1.29, 1.82) is 5.26 Å². The van der Waals surface area contributed by atoms with Gasteiger partial charge in [0.05, 0.1) is 17.4 Å². The van der Waals surface area contributed by atoms with E-state index in [1.165, 1.54) is 0 Å². The molecule has 1 aliphatic rings. The molecular formula is C14H19N3O2S. The molecule has 2 rings (SSSR count). The number of hydrogen-bond donors (Lipinski definition) is 1. The van der Waals surface area contributed by atoms with Crippen LogP contribution in [-0.2, 0) is 15.8 Å². The zero-order valence-corrected chi connectivity index (χ0v) is 12.3. The molecule has 5 nitrogen and oxygen atoms in total. The molecule has 0 aromatic heterocycles. The summed E-state index contributed by atoms with van der Waals surface area (Å²) in [6.07, 6.45) is 1.41. The largest absolute Gasteiger partial charge is 0.328 e. The van der Waals surface area contributed by atoms with Gasteiger partial charge in [0.25, 0.3) is 0 Å². The highest BCUT2D eigenvalue weighted by molar-refractivity contribution is 7.88. The van der Waals surface area contributed by atoms with Crippen molar-refractivity contribution >= 4 is 10.0 Å². The first kappa shape index (κ1) is 15.0. The number of piperidine rings is 1. The Morgan fingerprint density at radius 1 is 1.40 bits per heavy atom. The Hall–Kier alpha value is -1.42. The number of sulfonamides is 1. The van der Waals surface area contributed by atoms with Crippen LogP contribution in [0.5, 0.6) is 0 Å². The van der Waals surface area contributed by atoms with Gasteiger partial charge in [-0.3, -0.25) is 0 Å². The number of hydrogen-bond acceptors (Lipinski definition) is 4. The Morgan fingerprint density at radius 2 is 2.05 bits per heavy atom. The van der Waals surface area contributed by atoms with E-state index >= 15 is 0 Å². The molecular weight excluding hydrogens is 274 g/mol. The van der Waals surface area contributed by atoms with E-state index < -0.39 is 10.0 Å². The molecule has 0 spiro atoms. The van der Waals surface area contributed by atoms with Crippen molar-refractivity contribution in [1.82, 2.24) is 4.31 Å². The van der Waals surface area contributed by atoms with Gasteiger partial charge in [-0.1, -0.05) is 12.1 Å². The summed E-state index contributed by atoms with van der Waals surface area (Å²) in [5.74, 6) is -0.0295. The molecule has 0 bridgehead atoms. The minimum Gasteiger partial charge on any atom is -0.328 e. The van der Waals surface area contributed by atoms with E-state index in [4.69, 9.17) is 11.0 Å². The van der Waals surface area contributed by atoms with Crippen LogP contribution in [0.25, 0.3) is 0 Å². The summed E-state index contributed by atoms with van der Waals surface area (Å²) in [6.45, 7) is 2.39. The highest BCUT2D eigenvalue weighted by Gasteiger charge is 2.32. The van der Waals surface area contributed by atoms with Crippen molar-refractivity contribution in [2.45, 2.75) is 37.6 Å². The zero-order valence-electron chi connectivity index (χ0n) is 11.5. The third-order valence-corrected chi connectivity index (χ3v) is 5.60. The fraction of sp³-hybridized carbons (Fsp3) is 0.500. The van der Waals surface area contributed by atoms with E-state index in [1.54, 1.807) is 28.6 Å². The smallest absolute Gasteiger partial charge is 0.218 e. The minimum absolute atomic E-state index is 0.0295. The molecule has 2 atom stereocenters. The quantitative estimate of drug-likeness (QED) is 0.907. The van der Waals surface area contributed by atoms with E-state index in [0.29, 0.717) is 30.5 Å². The van der Waals surface area contributed by atoms with E-state index in [2.05, 4.69) is 0 Å². The van der Waals surface area contributed by atoms with Crippen molar-refractivity contribution in [3.05, 3.63) is 35.4 Å². The second-order valence-electron chi connectivity index (χ2n) is 5.31. The van der Waals surface area contributed by atoms with Gasteiger partial charge in [0, 0.05) is 18.6 Å². The SMILES string of the molecule is CC1CC(N)CCN1S(=O)(=O)Cc1ccc(C#N)cc1. The second-order valence-corrected chi connectivity index (χ2v) is 7.23. The topological polar surface area (TPSA) is 87.2 Å². The third-order valence-electron chi connectivity index (χ3n) is 3.65. The van der Waals surface area contributed by atoms with Crippen molar-refractivity contribution in [3.8, 4) is 6.07 Å². The second kappa shape index (κ2) is 5.92. The van der Waals surface area contributed by atoms with Gasteiger partial charge >= 0.3 is 0 Å². The molecule has 0 radical (unpaired) electrons. The lowest BCUT2D eigenvalue weighted by Gasteiger charge is -2.35. The maximum atomic E-state index is 12.4. The molecule has 0 aliphatic carbocycles. The molecule has 20 heavy (non-hydrogen) atoms. The molecule has 1 fully saturated rings. The molecule has 2 unspecified atom stereocenters. The molecule has 1 aliphatic heterocycles.